The minimum absolute atomic E-state index is 0.219. The zero-order valence-corrected chi connectivity index (χ0v) is 13.2. The van der Waals surface area contributed by atoms with E-state index >= 15 is 0 Å². The molecule has 1 amide bonds. The lowest BCUT2D eigenvalue weighted by Gasteiger charge is -1.98. The van der Waals surface area contributed by atoms with Crippen molar-refractivity contribution in [3.05, 3.63) is 51.2 Å². The molecule has 0 aliphatic carbocycles. The Bertz CT molecular complexity index is 861. The van der Waals surface area contributed by atoms with Crippen molar-refractivity contribution in [3.63, 3.8) is 0 Å². The number of nitrogens with one attached hydrogen (secondary N) is 1. The van der Waals surface area contributed by atoms with E-state index in [1.807, 2.05) is 24.4 Å². The van der Waals surface area contributed by atoms with E-state index < -0.39 is 0 Å². The van der Waals surface area contributed by atoms with Crippen LogP contribution in [0.4, 0.5) is 5.13 Å². The number of amides is 1. The number of nitriles is 1. The van der Waals surface area contributed by atoms with Crippen molar-refractivity contribution in [2.75, 3.05) is 5.32 Å². The fourth-order valence-corrected chi connectivity index (χ4v) is 3.39. The van der Waals surface area contributed by atoms with E-state index in [2.05, 4.69) is 21.4 Å². The second-order valence-corrected chi connectivity index (χ2v) is 6.38. The number of pyridine rings is 1. The van der Waals surface area contributed by atoms with Crippen LogP contribution in [0.3, 0.4) is 0 Å². The van der Waals surface area contributed by atoms with Crippen LogP contribution in [0, 0.1) is 18.3 Å². The highest BCUT2D eigenvalue weighted by Crippen LogP contribution is 2.29. The molecule has 3 heterocycles. The largest absolute Gasteiger partial charge is 0.297 e. The first-order chi connectivity index (χ1) is 10.7. The molecule has 1 N–H and O–H groups in total. The SMILES string of the molecule is Cc1csc(C(=O)Nc2nc(-c3ccccn3)c(C#N)s2)c1. The number of carbonyl (C=O) groups is 1. The Hall–Kier alpha value is -2.56. The molecular formula is C15H10N4OS2. The summed E-state index contributed by atoms with van der Waals surface area (Å²) in [6.45, 7) is 1.93. The lowest BCUT2D eigenvalue weighted by Crippen LogP contribution is -2.09. The van der Waals surface area contributed by atoms with Gasteiger partial charge >= 0.3 is 0 Å². The molecule has 0 saturated heterocycles. The van der Waals surface area contributed by atoms with Gasteiger partial charge in [0.1, 0.15) is 16.6 Å². The van der Waals surface area contributed by atoms with Crippen LogP contribution < -0.4 is 5.32 Å². The maximum Gasteiger partial charge on any atom is 0.267 e. The van der Waals surface area contributed by atoms with Gasteiger partial charge in [-0.3, -0.25) is 15.1 Å². The highest BCUT2D eigenvalue weighted by atomic mass is 32.1. The van der Waals surface area contributed by atoms with E-state index in [1.54, 1.807) is 18.3 Å². The van der Waals surface area contributed by atoms with E-state index in [0.717, 1.165) is 16.9 Å². The summed E-state index contributed by atoms with van der Waals surface area (Å²) in [5.41, 5.74) is 2.15. The third-order valence-corrected chi connectivity index (χ3v) is 4.73. The van der Waals surface area contributed by atoms with Gasteiger partial charge in [-0.1, -0.05) is 17.4 Å². The molecule has 0 spiro atoms. The van der Waals surface area contributed by atoms with Crippen LogP contribution in [-0.2, 0) is 0 Å². The fraction of sp³-hybridized carbons (Fsp3) is 0.0667. The highest BCUT2D eigenvalue weighted by molar-refractivity contribution is 7.17. The van der Waals surface area contributed by atoms with Crippen LogP contribution in [0.1, 0.15) is 20.1 Å². The number of hydrogen-bond acceptors (Lipinski definition) is 6. The Morgan fingerprint density at radius 1 is 1.41 bits per heavy atom. The number of hydrogen-bond donors (Lipinski definition) is 1. The molecule has 0 saturated carbocycles. The van der Waals surface area contributed by atoms with Gasteiger partial charge in [0.05, 0.1) is 10.6 Å². The summed E-state index contributed by atoms with van der Waals surface area (Å²) in [7, 11) is 0. The van der Waals surface area contributed by atoms with Crippen molar-refractivity contribution in [2.24, 2.45) is 0 Å². The van der Waals surface area contributed by atoms with Crippen LogP contribution in [0.5, 0.6) is 0 Å². The minimum Gasteiger partial charge on any atom is -0.297 e. The summed E-state index contributed by atoms with van der Waals surface area (Å²) in [5.74, 6) is -0.219. The van der Waals surface area contributed by atoms with E-state index in [1.165, 1.54) is 11.3 Å². The molecule has 22 heavy (non-hydrogen) atoms. The zero-order valence-electron chi connectivity index (χ0n) is 11.5. The van der Waals surface area contributed by atoms with Gasteiger partial charge in [0.15, 0.2) is 5.13 Å². The Morgan fingerprint density at radius 2 is 2.27 bits per heavy atom. The first-order valence-corrected chi connectivity index (χ1v) is 8.06. The number of aryl methyl sites for hydroxylation is 1. The summed E-state index contributed by atoms with van der Waals surface area (Å²) >= 11 is 2.52. The fourth-order valence-electron chi connectivity index (χ4n) is 1.83. The van der Waals surface area contributed by atoms with Crippen LogP contribution in [0.15, 0.2) is 35.8 Å². The van der Waals surface area contributed by atoms with Crippen LogP contribution in [0.2, 0.25) is 0 Å². The second-order valence-electron chi connectivity index (χ2n) is 4.47. The molecule has 5 nitrogen and oxygen atoms in total. The first kappa shape index (κ1) is 14.4. The molecule has 3 aromatic rings. The summed E-state index contributed by atoms with van der Waals surface area (Å²) in [6, 6.07) is 9.32. The van der Waals surface area contributed by atoms with Gasteiger partial charge < -0.3 is 0 Å². The number of nitrogens with zero attached hydrogens (tertiary/aromatic N) is 3. The normalized spacial score (nSPS) is 10.2. The minimum atomic E-state index is -0.219. The number of anilines is 1. The van der Waals surface area contributed by atoms with Gasteiger partial charge in [0.25, 0.3) is 5.91 Å². The number of thiophene rings is 1. The molecule has 0 fully saturated rings. The predicted octanol–water partition coefficient (Wildman–Crippen LogP) is 3.70. The summed E-state index contributed by atoms with van der Waals surface area (Å²) < 4.78 is 0. The van der Waals surface area contributed by atoms with E-state index in [4.69, 9.17) is 0 Å². The van der Waals surface area contributed by atoms with Gasteiger partial charge in [-0.25, -0.2) is 4.98 Å². The second kappa shape index (κ2) is 6.05. The van der Waals surface area contributed by atoms with Crippen LogP contribution in [-0.4, -0.2) is 15.9 Å². The summed E-state index contributed by atoms with van der Waals surface area (Å²) in [5, 5.41) is 14.3. The van der Waals surface area contributed by atoms with E-state index in [0.29, 0.717) is 26.3 Å². The van der Waals surface area contributed by atoms with E-state index in [9.17, 15) is 10.1 Å². The summed E-state index contributed by atoms with van der Waals surface area (Å²) in [4.78, 5) is 21.7. The smallest absolute Gasteiger partial charge is 0.267 e. The number of aromatic nitrogens is 2. The van der Waals surface area contributed by atoms with Crippen molar-refractivity contribution in [2.45, 2.75) is 6.92 Å². The Kier molecular flexibility index (Phi) is 3.96. The average Bonchev–Trinajstić information content (AvgIpc) is 3.14. The third-order valence-electron chi connectivity index (χ3n) is 2.81. The molecular weight excluding hydrogens is 316 g/mol. The standard InChI is InChI=1S/C15H10N4OS2/c1-9-6-11(21-8-9)14(20)19-15-18-13(12(7-16)22-15)10-4-2-3-5-17-10/h2-6,8H,1H3,(H,18,19,20). The van der Waals surface area contributed by atoms with Gasteiger partial charge in [0.2, 0.25) is 0 Å². The Labute approximate surface area is 134 Å². The average molecular weight is 326 g/mol. The Morgan fingerprint density at radius 3 is 2.91 bits per heavy atom. The van der Waals surface area contributed by atoms with Crippen molar-refractivity contribution in [1.82, 2.24) is 9.97 Å². The number of thiazole rings is 1. The topological polar surface area (TPSA) is 78.7 Å². The zero-order chi connectivity index (χ0) is 15.5. The van der Waals surface area contributed by atoms with Gasteiger partial charge in [-0.05, 0) is 36.1 Å². The lowest BCUT2D eigenvalue weighted by atomic mass is 10.2. The molecule has 0 aliphatic heterocycles. The Balaban J connectivity index is 1.89. The molecule has 7 heteroatoms. The molecule has 0 aromatic carbocycles. The molecule has 3 rings (SSSR count). The first-order valence-electron chi connectivity index (χ1n) is 6.36. The lowest BCUT2D eigenvalue weighted by molar-refractivity contribution is 0.103. The predicted molar refractivity (Wildman–Crippen MR) is 87.1 cm³/mol. The van der Waals surface area contributed by atoms with E-state index in [-0.39, 0.29) is 5.91 Å². The van der Waals surface area contributed by atoms with Crippen molar-refractivity contribution in [3.8, 4) is 17.5 Å². The van der Waals surface area contributed by atoms with Crippen molar-refractivity contribution >= 4 is 33.7 Å². The van der Waals surface area contributed by atoms with Gasteiger partial charge in [-0.2, -0.15) is 5.26 Å². The quantitative estimate of drug-likeness (QED) is 0.796. The molecule has 0 unspecified atom stereocenters. The molecule has 0 radical (unpaired) electrons. The van der Waals surface area contributed by atoms with Crippen molar-refractivity contribution in [1.29, 1.82) is 5.26 Å². The number of rotatable bonds is 3. The van der Waals surface area contributed by atoms with Crippen LogP contribution >= 0.6 is 22.7 Å². The molecule has 0 atom stereocenters. The maximum atomic E-state index is 12.1. The third kappa shape index (κ3) is 2.88. The van der Waals surface area contributed by atoms with Gasteiger partial charge in [-0.15, -0.1) is 11.3 Å². The summed E-state index contributed by atoms with van der Waals surface area (Å²) in [6.07, 6.45) is 1.64. The van der Waals surface area contributed by atoms with Crippen molar-refractivity contribution < 1.29 is 4.79 Å². The molecule has 0 aliphatic rings. The van der Waals surface area contributed by atoms with Gasteiger partial charge in [0, 0.05) is 6.20 Å². The molecule has 0 bridgehead atoms. The monoisotopic (exact) mass is 326 g/mol. The highest BCUT2D eigenvalue weighted by Gasteiger charge is 2.16. The molecule has 3 aromatic heterocycles. The number of carbonyl (C=O) groups excluding carboxylic acids is 1. The van der Waals surface area contributed by atoms with Crippen LogP contribution in [0.25, 0.3) is 11.4 Å². The molecule has 108 valence electrons. The maximum absolute atomic E-state index is 12.1.